The molecule has 4 heteroatoms. The van der Waals surface area contributed by atoms with Gasteiger partial charge in [-0.05, 0) is 25.3 Å². The molecule has 2 rings (SSSR count). The van der Waals surface area contributed by atoms with Crippen LogP contribution in [0.1, 0.15) is 10.6 Å². The van der Waals surface area contributed by atoms with Gasteiger partial charge in [-0.1, -0.05) is 0 Å². The van der Waals surface area contributed by atoms with Crippen molar-refractivity contribution in [1.82, 2.24) is 9.97 Å². The normalized spacial score (nSPS) is 10.4. The first-order valence-electron chi connectivity index (χ1n) is 4.32. The van der Waals surface area contributed by atoms with E-state index in [1.807, 2.05) is 18.4 Å². The highest BCUT2D eigenvalue weighted by Crippen LogP contribution is 2.25. The number of anilines is 1. The summed E-state index contributed by atoms with van der Waals surface area (Å²) in [7, 11) is 0. The number of thiophene rings is 1. The smallest absolute Gasteiger partial charge is 0.162 e. The summed E-state index contributed by atoms with van der Waals surface area (Å²) in [5, 5.41) is 2.03. The predicted molar refractivity (Wildman–Crippen MR) is 59.2 cm³/mol. The zero-order chi connectivity index (χ0) is 10.1. The van der Waals surface area contributed by atoms with Gasteiger partial charge in [0.1, 0.15) is 5.82 Å². The first kappa shape index (κ1) is 9.15. The Bertz CT molecular complexity index is 442. The van der Waals surface area contributed by atoms with E-state index in [1.54, 1.807) is 17.4 Å². The van der Waals surface area contributed by atoms with Gasteiger partial charge >= 0.3 is 0 Å². The third kappa shape index (κ3) is 1.61. The summed E-state index contributed by atoms with van der Waals surface area (Å²) in [5.74, 6) is 1.25. The Morgan fingerprint density at radius 3 is 2.64 bits per heavy atom. The Kier molecular flexibility index (Phi) is 2.21. The molecule has 3 nitrogen and oxygen atoms in total. The lowest BCUT2D eigenvalue weighted by Crippen LogP contribution is -1.97. The molecule has 0 amide bonds. The van der Waals surface area contributed by atoms with Crippen molar-refractivity contribution in [3.05, 3.63) is 28.1 Å². The maximum absolute atomic E-state index is 5.67. The summed E-state index contributed by atoms with van der Waals surface area (Å²) < 4.78 is 0. The van der Waals surface area contributed by atoms with E-state index in [4.69, 9.17) is 5.73 Å². The van der Waals surface area contributed by atoms with Crippen LogP contribution in [0.15, 0.2) is 17.5 Å². The van der Waals surface area contributed by atoms with Gasteiger partial charge in [0.2, 0.25) is 0 Å². The number of hydrogen-bond acceptors (Lipinski definition) is 4. The van der Waals surface area contributed by atoms with Crippen LogP contribution in [-0.2, 0) is 0 Å². The SMILES string of the molecule is Cc1cc(N)nc(-c2ccsc2C)n1. The second-order valence-corrected chi connectivity index (χ2v) is 4.27. The minimum atomic E-state index is 0.526. The fraction of sp³-hybridized carbons (Fsp3) is 0.200. The lowest BCUT2D eigenvalue weighted by molar-refractivity contribution is 1.12. The molecule has 14 heavy (non-hydrogen) atoms. The third-order valence-electron chi connectivity index (χ3n) is 1.97. The van der Waals surface area contributed by atoms with Crippen LogP contribution in [0.3, 0.4) is 0 Å². The fourth-order valence-corrected chi connectivity index (χ4v) is 2.02. The van der Waals surface area contributed by atoms with Gasteiger partial charge in [0, 0.05) is 22.2 Å². The van der Waals surface area contributed by atoms with Crippen LogP contribution in [-0.4, -0.2) is 9.97 Å². The van der Waals surface area contributed by atoms with Crippen LogP contribution in [0.5, 0.6) is 0 Å². The summed E-state index contributed by atoms with van der Waals surface area (Å²) >= 11 is 1.69. The summed E-state index contributed by atoms with van der Waals surface area (Å²) in [6, 6.07) is 3.79. The number of hydrogen-bond donors (Lipinski definition) is 1. The maximum atomic E-state index is 5.67. The molecule has 2 aromatic heterocycles. The Morgan fingerprint density at radius 2 is 2.07 bits per heavy atom. The first-order chi connectivity index (χ1) is 6.66. The molecule has 0 aliphatic carbocycles. The van der Waals surface area contributed by atoms with E-state index in [0.717, 1.165) is 17.1 Å². The van der Waals surface area contributed by atoms with E-state index in [9.17, 15) is 0 Å². The Morgan fingerprint density at radius 1 is 1.29 bits per heavy atom. The van der Waals surface area contributed by atoms with Crippen molar-refractivity contribution in [1.29, 1.82) is 0 Å². The molecule has 0 aromatic carbocycles. The molecule has 0 atom stereocenters. The van der Waals surface area contributed by atoms with Gasteiger partial charge in [0.05, 0.1) is 0 Å². The quantitative estimate of drug-likeness (QED) is 0.777. The second-order valence-electron chi connectivity index (χ2n) is 3.15. The molecule has 0 saturated carbocycles. The largest absolute Gasteiger partial charge is 0.384 e. The molecule has 72 valence electrons. The van der Waals surface area contributed by atoms with E-state index in [2.05, 4.69) is 16.9 Å². The van der Waals surface area contributed by atoms with Crippen LogP contribution in [0.4, 0.5) is 5.82 Å². The standard InChI is InChI=1S/C10H11N3S/c1-6-5-9(11)13-10(12-6)8-3-4-14-7(8)2/h3-5H,1-2H3,(H2,11,12,13). The van der Waals surface area contributed by atoms with Gasteiger partial charge in [0.25, 0.3) is 0 Å². The molecule has 2 N–H and O–H groups in total. The molecule has 0 radical (unpaired) electrons. The van der Waals surface area contributed by atoms with Crippen molar-refractivity contribution in [3.8, 4) is 11.4 Å². The van der Waals surface area contributed by atoms with E-state index in [1.165, 1.54) is 4.88 Å². The number of nitrogen functional groups attached to an aromatic ring is 1. The highest BCUT2D eigenvalue weighted by molar-refractivity contribution is 7.10. The van der Waals surface area contributed by atoms with Crippen LogP contribution in [0.25, 0.3) is 11.4 Å². The van der Waals surface area contributed by atoms with E-state index in [-0.39, 0.29) is 0 Å². The summed E-state index contributed by atoms with van der Waals surface area (Å²) in [5.41, 5.74) is 7.64. The Labute approximate surface area is 86.6 Å². The molecule has 2 heterocycles. The van der Waals surface area contributed by atoms with E-state index in [0.29, 0.717) is 5.82 Å². The van der Waals surface area contributed by atoms with Gasteiger partial charge in [-0.3, -0.25) is 0 Å². The summed E-state index contributed by atoms with van der Waals surface area (Å²) in [6.07, 6.45) is 0. The molecule has 0 fully saturated rings. The maximum Gasteiger partial charge on any atom is 0.162 e. The van der Waals surface area contributed by atoms with Crippen molar-refractivity contribution in [3.63, 3.8) is 0 Å². The minimum Gasteiger partial charge on any atom is -0.384 e. The van der Waals surface area contributed by atoms with Crippen LogP contribution in [0.2, 0.25) is 0 Å². The number of nitrogens with two attached hydrogens (primary N) is 1. The number of aromatic nitrogens is 2. The van der Waals surface area contributed by atoms with Crippen molar-refractivity contribution in [2.45, 2.75) is 13.8 Å². The summed E-state index contributed by atoms with van der Waals surface area (Å²) in [4.78, 5) is 9.78. The lowest BCUT2D eigenvalue weighted by atomic mass is 10.2. The molecule has 0 aliphatic heterocycles. The monoisotopic (exact) mass is 205 g/mol. The van der Waals surface area contributed by atoms with Gasteiger partial charge in [-0.15, -0.1) is 11.3 Å². The zero-order valence-corrected chi connectivity index (χ0v) is 8.93. The second kappa shape index (κ2) is 3.38. The van der Waals surface area contributed by atoms with Gasteiger partial charge < -0.3 is 5.73 Å². The number of rotatable bonds is 1. The van der Waals surface area contributed by atoms with Crippen LogP contribution >= 0.6 is 11.3 Å². The first-order valence-corrected chi connectivity index (χ1v) is 5.20. The summed E-state index contributed by atoms with van der Waals surface area (Å²) in [6.45, 7) is 3.98. The Balaban J connectivity index is 2.57. The van der Waals surface area contributed by atoms with Crippen molar-refractivity contribution >= 4 is 17.2 Å². The molecule has 0 bridgehead atoms. The topological polar surface area (TPSA) is 51.8 Å². The van der Waals surface area contributed by atoms with E-state index >= 15 is 0 Å². The van der Waals surface area contributed by atoms with E-state index < -0.39 is 0 Å². The molecule has 0 unspecified atom stereocenters. The third-order valence-corrected chi connectivity index (χ3v) is 2.82. The predicted octanol–water partition coefficient (Wildman–Crippen LogP) is 2.40. The molecular formula is C10H11N3S. The number of nitrogens with zero attached hydrogens (tertiary/aromatic N) is 2. The van der Waals surface area contributed by atoms with Crippen molar-refractivity contribution in [2.24, 2.45) is 0 Å². The minimum absolute atomic E-state index is 0.526. The lowest BCUT2D eigenvalue weighted by Gasteiger charge is -2.01. The molecule has 2 aromatic rings. The van der Waals surface area contributed by atoms with Gasteiger partial charge in [-0.2, -0.15) is 0 Å². The molecular weight excluding hydrogens is 194 g/mol. The average molecular weight is 205 g/mol. The average Bonchev–Trinajstić information content (AvgIpc) is 2.49. The highest BCUT2D eigenvalue weighted by atomic mass is 32.1. The molecule has 0 saturated heterocycles. The highest BCUT2D eigenvalue weighted by Gasteiger charge is 2.06. The fourth-order valence-electron chi connectivity index (χ4n) is 1.33. The zero-order valence-electron chi connectivity index (χ0n) is 8.11. The van der Waals surface area contributed by atoms with Crippen molar-refractivity contribution < 1.29 is 0 Å². The molecule has 0 spiro atoms. The van der Waals surface area contributed by atoms with Crippen LogP contribution in [0, 0.1) is 13.8 Å². The van der Waals surface area contributed by atoms with Gasteiger partial charge in [0.15, 0.2) is 5.82 Å². The Hall–Kier alpha value is -1.42. The van der Waals surface area contributed by atoms with Crippen molar-refractivity contribution in [2.75, 3.05) is 5.73 Å². The van der Waals surface area contributed by atoms with Gasteiger partial charge in [-0.25, -0.2) is 9.97 Å². The molecule has 0 aliphatic rings. The number of aryl methyl sites for hydroxylation is 2. The van der Waals surface area contributed by atoms with Crippen LogP contribution < -0.4 is 5.73 Å².